The highest BCUT2D eigenvalue weighted by Crippen LogP contribution is 2.38. The Bertz CT molecular complexity index is 515. The minimum absolute atomic E-state index is 0.488. The fourth-order valence-electron chi connectivity index (χ4n) is 1.79. The predicted molar refractivity (Wildman–Crippen MR) is 62.8 cm³/mol. The molecule has 0 aliphatic heterocycles. The third-order valence-corrected chi connectivity index (χ3v) is 2.94. The van der Waals surface area contributed by atoms with Gasteiger partial charge < -0.3 is 10.3 Å². The van der Waals surface area contributed by atoms with Gasteiger partial charge >= 0.3 is 0 Å². The van der Waals surface area contributed by atoms with Gasteiger partial charge in [0.05, 0.1) is 5.69 Å². The lowest BCUT2D eigenvalue weighted by Crippen LogP contribution is -2.02. The second-order valence-electron chi connectivity index (χ2n) is 4.62. The Labute approximate surface area is 104 Å². The Hall–Kier alpha value is -1.76. The summed E-state index contributed by atoms with van der Waals surface area (Å²) in [5, 5.41) is 12.1. The Kier molecular flexibility index (Phi) is 3.06. The van der Waals surface area contributed by atoms with Crippen LogP contribution in [-0.4, -0.2) is 31.7 Å². The van der Waals surface area contributed by atoms with Gasteiger partial charge in [0.15, 0.2) is 5.82 Å². The molecule has 0 amide bonds. The summed E-state index contributed by atoms with van der Waals surface area (Å²) in [6.45, 7) is 1.17. The molecular weight excluding hydrogens is 232 g/mol. The molecule has 0 bridgehead atoms. The summed E-state index contributed by atoms with van der Waals surface area (Å²) < 4.78 is 6.92. The monoisotopic (exact) mass is 248 g/mol. The summed E-state index contributed by atoms with van der Waals surface area (Å²) in [6, 6.07) is 0. The van der Waals surface area contributed by atoms with Crippen molar-refractivity contribution in [2.75, 3.05) is 6.54 Å². The van der Waals surface area contributed by atoms with Crippen LogP contribution in [0.1, 0.15) is 42.6 Å². The molecule has 1 aliphatic rings. The third-order valence-electron chi connectivity index (χ3n) is 2.94. The van der Waals surface area contributed by atoms with Gasteiger partial charge in [-0.3, -0.25) is 0 Å². The van der Waals surface area contributed by atoms with Crippen molar-refractivity contribution in [3.05, 3.63) is 23.6 Å². The van der Waals surface area contributed by atoms with Crippen molar-refractivity contribution in [1.29, 1.82) is 0 Å². The van der Waals surface area contributed by atoms with Crippen LogP contribution in [0.5, 0.6) is 0 Å². The van der Waals surface area contributed by atoms with Crippen molar-refractivity contribution < 1.29 is 4.52 Å². The zero-order valence-corrected chi connectivity index (χ0v) is 10.1. The predicted octanol–water partition coefficient (Wildman–Crippen LogP) is 0.478. The summed E-state index contributed by atoms with van der Waals surface area (Å²) in [5.41, 5.74) is 6.41. The highest BCUT2D eigenvalue weighted by Gasteiger charge is 2.29. The Morgan fingerprint density at radius 3 is 3.11 bits per heavy atom. The molecule has 0 aromatic carbocycles. The number of aryl methyl sites for hydroxylation is 1. The van der Waals surface area contributed by atoms with Crippen LogP contribution in [-0.2, 0) is 13.0 Å². The standard InChI is InChI=1S/C11H16N6O/c12-5-1-2-9-6-17(16-14-9)7-10-13-11(18-15-10)8-3-4-8/h6,8H,1-5,7,12H2. The lowest BCUT2D eigenvalue weighted by molar-refractivity contribution is 0.372. The fraction of sp³-hybridized carbons (Fsp3) is 0.636. The van der Waals surface area contributed by atoms with Crippen LogP contribution in [0.3, 0.4) is 0 Å². The number of hydrogen-bond donors (Lipinski definition) is 1. The Balaban J connectivity index is 1.62. The average Bonchev–Trinajstić information content (AvgIpc) is 2.96. The molecule has 0 radical (unpaired) electrons. The first-order valence-corrected chi connectivity index (χ1v) is 6.26. The van der Waals surface area contributed by atoms with E-state index in [0.29, 0.717) is 24.8 Å². The van der Waals surface area contributed by atoms with Crippen molar-refractivity contribution in [3.63, 3.8) is 0 Å². The summed E-state index contributed by atoms with van der Waals surface area (Å²) in [7, 11) is 0. The van der Waals surface area contributed by atoms with Crippen LogP contribution >= 0.6 is 0 Å². The summed E-state index contributed by atoms with van der Waals surface area (Å²) in [5.74, 6) is 1.91. The maximum atomic E-state index is 5.46. The second kappa shape index (κ2) is 4.85. The van der Waals surface area contributed by atoms with E-state index in [-0.39, 0.29) is 0 Å². The van der Waals surface area contributed by atoms with Gasteiger partial charge in [-0.15, -0.1) is 5.10 Å². The largest absolute Gasteiger partial charge is 0.339 e. The zero-order valence-electron chi connectivity index (χ0n) is 10.1. The molecule has 2 aromatic rings. The third kappa shape index (κ3) is 2.56. The molecular formula is C11H16N6O. The minimum Gasteiger partial charge on any atom is -0.339 e. The van der Waals surface area contributed by atoms with Crippen molar-refractivity contribution in [2.45, 2.75) is 38.1 Å². The Morgan fingerprint density at radius 1 is 1.44 bits per heavy atom. The summed E-state index contributed by atoms with van der Waals surface area (Å²) in [6.07, 6.45) is 6.01. The van der Waals surface area contributed by atoms with Crippen LogP contribution in [0.25, 0.3) is 0 Å². The Morgan fingerprint density at radius 2 is 2.33 bits per heavy atom. The molecule has 0 spiro atoms. The van der Waals surface area contributed by atoms with Crippen LogP contribution in [0, 0.1) is 0 Å². The highest BCUT2D eigenvalue weighted by molar-refractivity contribution is 5.02. The number of aromatic nitrogens is 5. The quantitative estimate of drug-likeness (QED) is 0.798. The van der Waals surface area contributed by atoms with Crippen molar-refractivity contribution in [2.24, 2.45) is 5.73 Å². The highest BCUT2D eigenvalue weighted by atomic mass is 16.5. The number of nitrogens with two attached hydrogens (primary N) is 1. The second-order valence-corrected chi connectivity index (χ2v) is 4.62. The smallest absolute Gasteiger partial charge is 0.229 e. The van der Waals surface area contributed by atoms with Crippen molar-refractivity contribution >= 4 is 0 Å². The molecule has 0 atom stereocenters. The van der Waals surface area contributed by atoms with E-state index in [9.17, 15) is 0 Å². The molecule has 2 aromatic heterocycles. The first-order valence-electron chi connectivity index (χ1n) is 6.26. The number of nitrogens with zero attached hydrogens (tertiary/aromatic N) is 5. The van der Waals surface area contributed by atoms with Gasteiger partial charge in [0.2, 0.25) is 5.89 Å². The molecule has 7 nitrogen and oxygen atoms in total. The normalized spacial score (nSPS) is 15.2. The molecule has 2 N–H and O–H groups in total. The van der Waals surface area contributed by atoms with Crippen molar-refractivity contribution in [1.82, 2.24) is 25.1 Å². The maximum absolute atomic E-state index is 5.46. The molecule has 18 heavy (non-hydrogen) atoms. The van der Waals surface area contributed by atoms with E-state index in [1.165, 1.54) is 0 Å². The molecule has 2 heterocycles. The molecule has 7 heteroatoms. The van der Waals surface area contributed by atoms with Gasteiger partial charge in [0.1, 0.15) is 6.54 Å². The average molecular weight is 248 g/mol. The molecule has 96 valence electrons. The van der Waals surface area contributed by atoms with E-state index in [4.69, 9.17) is 10.3 Å². The van der Waals surface area contributed by atoms with Gasteiger partial charge in [-0.05, 0) is 32.2 Å². The number of hydrogen-bond acceptors (Lipinski definition) is 6. The lowest BCUT2D eigenvalue weighted by Gasteiger charge is -1.93. The lowest BCUT2D eigenvalue weighted by atomic mass is 10.2. The van der Waals surface area contributed by atoms with Gasteiger partial charge in [0, 0.05) is 12.1 Å². The van der Waals surface area contributed by atoms with Crippen molar-refractivity contribution in [3.8, 4) is 0 Å². The summed E-state index contributed by atoms with van der Waals surface area (Å²) in [4.78, 5) is 4.35. The molecule has 1 aliphatic carbocycles. The SMILES string of the molecule is NCCCc1cn(Cc2noc(C3CC3)n2)nn1. The fourth-order valence-corrected chi connectivity index (χ4v) is 1.79. The number of rotatable bonds is 6. The summed E-state index contributed by atoms with van der Waals surface area (Å²) >= 11 is 0. The van der Waals surface area contributed by atoms with E-state index < -0.39 is 0 Å². The van der Waals surface area contributed by atoms with E-state index in [1.54, 1.807) is 4.68 Å². The van der Waals surface area contributed by atoms with Crippen LogP contribution in [0.2, 0.25) is 0 Å². The van der Waals surface area contributed by atoms with Gasteiger partial charge in [-0.2, -0.15) is 4.98 Å². The molecule has 3 rings (SSSR count). The zero-order chi connectivity index (χ0) is 12.4. The van der Waals surface area contributed by atoms with Crippen LogP contribution < -0.4 is 5.73 Å². The van der Waals surface area contributed by atoms with Crippen LogP contribution in [0.4, 0.5) is 0 Å². The van der Waals surface area contributed by atoms with Gasteiger partial charge in [0.25, 0.3) is 0 Å². The maximum Gasteiger partial charge on any atom is 0.229 e. The van der Waals surface area contributed by atoms with E-state index >= 15 is 0 Å². The first kappa shape index (κ1) is 11.3. The van der Waals surface area contributed by atoms with Gasteiger partial charge in [-0.25, -0.2) is 4.68 Å². The minimum atomic E-state index is 0.488. The topological polar surface area (TPSA) is 95.7 Å². The van der Waals surface area contributed by atoms with Crippen LogP contribution in [0.15, 0.2) is 10.7 Å². The van der Waals surface area contributed by atoms with E-state index in [2.05, 4.69) is 20.5 Å². The molecule has 0 saturated heterocycles. The van der Waals surface area contributed by atoms with E-state index in [1.807, 2.05) is 6.20 Å². The molecule has 1 saturated carbocycles. The van der Waals surface area contributed by atoms with E-state index in [0.717, 1.165) is 37.3 Å². The molecule has 0 unspecified atom stereocenters. The first-order chi connectivity index (χ1) is 8.85. The molecule has 1 fully saturated rings. The van der Waals surface area contributed by atoms with Gasteiger partial charge in [-0.1, -0.05) is 10.4 Å².